The van der Waals surface area contributed by atoms with Crippen LogP contribution >= 0.6 is 23.2 Å². The van der Waals surface area contributed by atoms with E-state index in [4.69, 9.17) is 23.2 Å². The van der Waals surface area contributed by atoms with Gasteiger partial charge in [-0.1, -0.05) is 36.2 Å². The quantitative estimate of drug-likeness (QED) is 0.789. The van der Waals surface area contributed by atoms with E-state index >= 15 is 0 Å². The van der Waals surface area contributed by atoms with Crippen LogP contribution in [0.2, 0.25) is 10.0 Å². The molecule has 0 saturated heterocycles. The van der Waals surface area contributed by atoms with Gasteiger partial charge >= 0.3 is 0 Å². The lowest BCUT2D eigenvalue weighted by Gasteiger charge is -2.11. The van der Waals surface area contributed by atoms with Gasteiger partial charge < -0.3 is 5.32 Å². The van der Waals surface area contributed by atoms with Crippen molar-refractivity contribution in [3.63, 3.8) is 0 Å². The van der Waals surface area contributed by atoms with Crippen molar-refractivity contribution >= 4 is 44.8 Å². The SMILES string of the molecule is CCCNC(=O)c1cccc(NS(=O)(=O)c2cc(Cl)ccc2Cl)c1. The largest absolute Gasteiger partial charge is 0.352 e. The molecule has 8 heteroatoms. The van der Waals surface area contributed by atoms with Gasteiger partial charge in [-0.3, -0.25) is 9.52 Å². The van der Waals surface area contributed by atoms with Crippen molar-refractivity contribution in [2.24, 2.45) is 0 Å². The summed E-state index contributed by atoms with van der Waals surface area (Å²) in [4.78, 5) is 11.8. The second-order valence-electron chi connectivity index (χ2n) is 5.02. The van der Waals surface area contributed by atoms with E-state index in [1.54, 1.807) is 18.2 Å². The first-order valence-corrected chi connectivity index (χ1v) is 9.43. The van der Waals surface area contributed by atoms with E-state index < -0.39 is 10.0 Å². The Kier molecular flexibility index (Phi) is 6.10. The average molecular weight is 387 g/mol. The van der Waals surface area contributed by atoms with Crippen LogP contribution in [0.25, 0.3) is 0 Å². The normalized spacial score (nSPS) is 11.1. The van der Waals surface area contributed by atoms with Gasteiger partial charge in [0.05, 0.1) is 5.02 Å². The van der Waals surface area contributed by atoms with Crippen LogP contribution in [0.3, 0.4) is 0 Å². The number of rotatable bonds is 6. The highest BCUT2D eigenvalue weighted by atomic mass is 35.5. The smallest absolute Gasteiger partial charge is 0.263 e. The summed E-state index contributed by atoms with van der Waals surface area (Å²) >= 11 is 11.8. The van der Waals surface area contributed by atoms with Crippen molar-refractivity contribution < 1.29 is 13.2 Å². The molecule has 0 radical (unpaired) electrons. The van der Waals surface area contributed by atoms with Crippen molar-refractivity contribution in [2.45, 2.75) is 18.2 Å². The monoisotopic (exact) mass is 386 g/mol. The Balaban J connectivity index is 2.27. The first kappa shape index (κ1) is 18.6. The van der Waals surface area contributed by atoms with Crippen LogP contribution in [0.5, 0.6) is 0 Å². The number of halogens is 2. The van der Waals surface area contributed by atoms with Crippen molar-refractivity contribution in [3.05, 3.63) is 58.1 Å². The highest BCUT2D eigenvalue weighted by Gasteiger charge is 2.19. The summed E-state index contributed by atoms with van der Waals surface area (Å²) in [7, 11) is -3.92. The zero-order chi connectivity index (χ0) is 17.7. The summed E-state index contributed by atoms with van der Waals surface area (Å²) in [6.07, 6.45) is 0.811. The summed E-state index contributed by atoms with van der Waals surface area (Å²) in [5, 5.41) is 3.05. The Hall–Kier alpha value is -1.76. The summed E-state index contributed by atoms with van der Waals surface area (Å²) in [6, 6.07) is 10.4. The molecule has 0 bridgehead atoms. The van der Waals surface area contributed by atoms with Crippen LogP contribution in [0.15, 0.2) is 47.4 Å². The molecular formula is C16H16Cl2N2O3S. The van der Waals surface area contributed by atoms with Gasteiger partial charge in [-0.05, 0) is 42.8 Å². The summed E-state index contributed by atoms with van der Waals surface area (Å²) < 4.78 is 27.3. The van der Waals surface area contributed by atoms with Gasteiger partial charge in [-0.2, -0.15) is 0 Å². The zero-order valence-electron chi connectivity index (χ0n) is 12.8. The van der Waals surface area contributed by atoms with Crippen LogP contribution in [0.4, 0.5) is 5.69 Å². The van der Waals surface area contributed by atoms with E-state index in [2.05, 4.69) is 10.0 Å². The average Bonchev–Trinajstić information content (AvgIpc) is 2.54. The van der Waals surface area contributed by atoms with Crippen LogP contribution in [-0.4, -0.2) is 20.9 Å². The number of hydrogen-bond acceptors (Lipinski definition) is 3. The molecule has 0 aliphatic heterocycles. The molecule has 0 aliphatic carbocycles. The Labute approximate surface area is 151 Å². The molecule has 24 heavy (non-hydrogen) atoms. The lowest BCUT2D eigenvalue weighted by Crippen LogP contribution is -2.24. The third-order valence-electron chi connectivity index (χ3n) is 3.10. The number of amides is 1. The number of carbonyl (C=O) groups is 1. The lowest BCUT2D eigenvalue weighted by molar-refractivity contribution is 0.0953. The minimum Gasteiger partial charge on any atom is -0.352 e. The summed E-state index contributed by atoms with van der Waals surface area (Å²) in [6.45, 7) is 2.49. The van der Waals surface area contributed by atoms with E-state index in [1.165, 1.54) is 24.3 Å². The van der Waals surface area contributed by atoms with Gasteiger partial charge in [0.25, 0.3) is 15.9 Å². The fourth-order valence-corrected chi connectivity index (χ4v) is 3.77. The first-order valence-electron chi connectivity index (χ1n) is 7.19. The molecular weight excluding hydrogens is 371 g/mol. The molecule has 0 fully saturated rings. The molecule has 1 amide bonds. The molecule has 0 aromatic heterocycles. The fraction of sp³-hybridized carbons (Fsp3) is 0.188. The van der Waals surface area contributed by atoms with Gasteiger partial charge in [-0.15, -0.1) is 0 Å². The molecule has 0 atom stereocenters. The topological polar surface area (TPSA) is 75.3 Å². The molecule has 2 aromatic carbocycles. The number of hydrogen-bond donors (Lipinski definition) is 2. The maximum absolute atomic E-state index is 12.5. The van der Waals surface area contributed by atoms with Crippen molar-refractivity contribution in [2.75, 3.05) is 11.3 Å². The Bertz CT molecular complexity index is 854. The van der Waals surface area contributed by atoms with E-state index in [1.807, 2.05) is 6.92 Å². The molecule has 5 nitrogen and oxygen atoms in total. The molecule has 128 valence electrons. The predicted octanol–water partition coefficient (Wildman–Crippen LogP) is 3.93. The third-order valence-corrected chi connectivity index (χ3v) is 5.19. The molecule has 0 aliphatic rings. The van der Waals surface area contributed by atoms with Gasteiger partial charge in [0.1, 0.15) is 4.90 Å². The van der Waals surface area contributed by atoms with Crippen molar-refractivity contribution in [1.29, 1.82) is 0 Å². The van der Waals surface area contributed by atoms with Gasteiger partial charge in [0.15, 0.2) is 0 Å². The Morgan fingerprint density at radius 2 is 1.88 bits per heavy atom. The minimum absolute atomic E-state index is 0.0590. The van der Waals surface area contributed by atoms with E-state index in [0.717, 1.165) is 6.42 Å². The van der Waals surface area contributed by atoms with Crippen LogP contribution in [-0.2, 0) is 10.0 Å². The molecule has 0 unspecified atom stereocenters. The number of benzene rings is 2. The number of nitrogens with one attached hydrogen (secondary N) is 2. The van der Waals surface area contributed by atoms with Crippen LogP contribution in [0.1, 0.15) is 23.7 Å². The second-order valence-corrected chi connectivity index (χ2v) is 7.51. The van der Waals surface area contributed by atoms with Crippen LogP contribution in [0, 0.1) is 0 Å². The zero-order valence-corrected chi connectivity index (χ0v) is 15.2. The number of carbonyl (C=O) groups excluding carboxylic acids is 1. The van der Waals surface area contributed by atoms with E-state index in [-0.39, 0.29) is 26.5 Å². The first-order chi connectivity index (χ1) is 11.3. The molecule has 0 heterocycles. The molecule has 2 rings (SSSR count). The Morgan fingerprint density at radius 3 is 2.58 bits per heavy atom. The standard InChI is InChI=1S/C16H16Cl2N2O3S/c1-2-8-19-16(21)11-4-3-5-13(9-11)20-24(22,23)15-10-12(17)6-7-14(15)18/h3-7,9-10,20H,2,8H2,1H3,(H,19,21). The third kappa shape index (κ3) is 4.63. The van der Waals surface area contributed by atoms with E-state index in [9.17, 15) is 13.2 Å². The predicted molar refractivity (Wildman–Crippen MR) is 96.3 cm³/mol. The van der Waals surface area contributed by atoms with Gasteiger partial charge in [0.2, 0.25) is 0 Å². The van der Waals surface area contributed by atoms with Crippen LogP contribution < -0.4 is 10.0 Å². The van der Waals surface area contributed by atoms with Crippen molar-refractivity contribution in [1.82, 2.24) is 5.32 Å². The minimum atomic E-state index is -3.92. The number of anilines is 1. The highest BCUT2D eigenvalue weighted by Crippen LogP contribution is 2.27. The molecule has 2 aromatic rings. The number of sulfonamides is 1. The molecule has 2 N–H and O–H groups in total. The second kappa shape index (κ2) is 7.88. The summed E-state index contributed by atoms with van der Waals surface area (Å²) in [5.41, 5.74) is 0.621. The fourth-order valence-electron chi connectivity index (χ4n) is 1.96. The maximum atomic E-state index is 12.5. The van der Waals surface area contributed by atoms with Gasteiger partial charge in [-0.25, -0.2) is 8.42 Å². The lowest BCUT2D eigenvalue weighted by atomic mass is 10.2. The van der Waals surface area contributed by atoms with Gasteiger partial charge in [0, 0.05) is 22.8 Å². The van der Waals surface area contributed by atoms with Crippen molar-refractivity contribution in [3.8, 4) is 0 Å². The Morgan fingerprint density at radius 1 is 1.12 bits per heavy atom. The van der Waals surface area contributed by atoms with E-state index in [0.29, 0.717) is 12.1 Å². The maximum Gasteiger partial charge on any atom is 0.263 e. The molecule has 0 saturated carbocycles. The summed E-state index contributed by atoms with van der Waals surface area (Å²) in [5.74, 6) is -0.265. The molecule has 0 spiro atoms. The highest BCUT2D eigenvalue weighted by molar-refractivity contribution is 7.92.